The molecule has 3 nitrogen and oxygen atoms in total. The van der Waals surface area contributed by atoms with Gasteiger partial charge in [-0.15, -0.1) is 0 Å². The van der Waals surface area contributed by atoms with Crippen molar-refractivity contribution in [1.29, 1.82) is 0 Å². The molecule has 0 bridgehead atoms. The van der Waals surface area contributed by atoms with Gasteiger partial charge in [-0.1, -0.05) is 6.92 Å². The summed E-state index contributed by atoms with van der Waals surface area (Å²) in [5.41, 5.74) is 5.74. The summed E-state index contributed by atoms with van der Waals surface area (Å²) in [5.74, 6) is 1.52. The molecule has 3 heteroatoms. The summed E-state index contributed by atoms with van der Waals surface area (Å²) < 4.78 is 5.05. The van der Waals surface area contributed by atoms with Gasteiger partial charge >= 0.3 is 0 Å². The van der Waals surface area contributed by atoms with Crippen molar-refractivity contribution < 1.29 is 4.74 Å². The van der Waals surface area contributed by atoms with E-state index in [0.717, 1.165) is 25.0 Å². The molecule has 0 aromatic heterocycles. The van der Waals surface area contributed by atoms with Gasteiger partial charge < -0.3 is 15.4 Å². The first-order valence-electron chi connectivity index (χ1n) is 6.19. The van der Waals surface area contributed by atoms with Gasteiger partial charge in [0.15, 0.2) is 0 Å². The van der Waals surface area contributed by atoms with Crippen molar-refractivity contribution in [2.45, 2.75) is 26.2 Å². The number of hydrogen-bond acceptors (Lipinski definition) is 3. The maximum absolute atomic E-state index is 5.74. The topological polar surface area (TPSA) is 38.5 Å². The quantitative estimate of drug-likeness (QED) is 0.678. The molecular weight excluding hydrogens is 188 g/mol. The van der Waals surface area contributed by atoms with Crippen LogP contribution in [0.4, 0.5) is 0 Å². The molecule has 2 N–H and O–H groups in total. The molecule has 1 saturated heterocycles. The highest BCUT2D eigenvalue weighted by atomic mass is 16.5. The Morgan fingerprint density at radius 1 is 1.40 bits per heavy atom. The predicted octanol–water partition coefficient (Wildman–Crippen LogP) is 1.33. The molecule has 0 spiro atoms. The van der Waals surface area contributed by atoms with Crippen LogP contribution in [0.1, 0.15) is 26.2 Å². The van der Waals surface area contributed by atoms with Crippen molar-refractivity contribution >= 4 is 0 Å². The SMILES string of the molecule is COCCCCN1CCC(CN)C(C)C1. The summed E-state index contributed by atoms with van der Waals surface area (Å²) in [6, 6.07) is 0. The van der Waals surface area contributed by atoms with Crippen LogP contribution in [0, 0.1) is 11.8 Å². The van der Waals surface area contributed by atoms with E-state index >= 15 is 0 Å². The van der Waals surface area contributed by atoms with Gasteiger partial charge in [0.1, 0.15) is 0 Å². The van der Waals surface area contributed by atoms with Crippen LogP contribution in [-0.2, 0) is 4.74 Å². The van der Waals surface area contributed by atoms with Crippen molar-refractivity contribution in [1.82, 2.24) is 4.90 Å². The molecule has 1 rings (SSSR count). The summed E-state index contributed by atoms with van der Waals surface area (Å²) in [7, 11) is 1.77. The lowest BCUT2D eigenvalue weighted by Gasteiger charge is -2.36. The first kappa shape index (κ1) is 12.9. The highest BCUT2D eigenvalue weighted by molar-refractivity contribution is 4.78. The molecule has 0 aliphatic carbocycles. The van der Waals surface area contributed by atoms with E-state index in [-0.39, 0.29) is 0 Å². The Kier molecular flexibility index (Phi) is 6.22. The lowest BCUT2D eigenvalue weighted by molar-refractivity contribution is 0.125. The minimum Gasteiger partial charge on any atom is -0.385 e. The van der Waals surface area contributed by atoms with Gasteiger partial charge in [-0.2, -0.15) is 0 Å². The molecule has 15 heavy (non-hydrogen) atoms. The molecule has 0 radical (unpaired) electrons. The molecule has 0 aromatic carbocycles. The number of methoxy groups -OCH3 is 1. The van der Waals surface area contributed by atoms with Gasteiger partial charge in [0, 0.05) is 20.3 Å². The number of piperidine rings is 1. The molecule has 1 aliphatic rings. The Balaban J connectivity index is 2.11. The van der Waals surface area contributed by atoms with E-state index in [0.29, 0.717) is 0 Å². The minimum absolute atomic E-state index is 0.750. The maximum Gasteiger partial charge on any atom is 0.0462 e. The fraction of sp³-hybridized carbons (Fsp3) is 1.00. The van der Waals surface area contributed by atoms with Crippen molar-refractivity contribution in [3.63, 3.8) is 0 Å². The van der Waals surface area contributed by atoms with E-state index in [4.69, 9.17) is 10.5 Å². The monoisotopic (exact) mass is 214 g/mol. The van der Waals surface area contributed by atoms with Crippen LogP contribution < -0.4 is 5.73 Å². The van der Waals surface area contributed by atoms with Crippen LogP contribution in [-0.4, -0.2) is 44.8 Å². The summed E-state index contributed by atoms with van der Waals surface area (Å²) in [6.45, 7) is 7.78. The molecule has 0 aromatic rings. The number of nitrogens with two attached hydrogens (primary N) is 1. The third-order valence-corrected chi connectivity index (χ3v) is 3.54. The summed E-state index contributed by atoms with van der Waals surface area (Å²) in [5, 5.41) is 0. The van der Waals surface area contributed by atoms with E-state index < -0.39 is 0 Å². The molecule has 2 unspecified atom stereocenters. The van der Waals surface area contributed by atoms with Crippen LogP contribution in [0.2, 0.25) is 0 Å². The number of unbranched alkanes of at least 4 members (excludes halogenated alkanes) is 1. The fourth-order valence-electron chi connectivity index (χ4n) is 2.42. The zero-order valence-electron chi connectivity index (χ0n) is 10.2. The van der Waals surface area contributed by atoms with Crippen LogP contribution in [0.15, 0.2) is 0 Å². The lowest BCUT2D eigenvalue weighted by Crippen LogP contribution is -2.42. The number of rotatable bonds is 6. The van der Waals surface area contributed by atoms with Crippen LogP contribution in [0.25, 0.3) is 0 Å². The van der Waals surface area contributed by atoms with Gasteiger partial charge in [0.05, 0.1) is 0 Å². The van der Waals surface area contributed by atoms with Crippen LogP contribution in [0.3, 0.4) is 0 Å². The number of nitrogens with zero attached hydrogens (tertiary/aromatic N) is 1. The molecule has 1 aliphatic heterocycles. The molecular formula is C12H26N2O. The molecule has 2 atom stereocenters. The third kappa shape index (κ3) is 4.49. The number of hydrogen-bond donors (Lipinski definition) is 1. The average Bonchev–Trinajstić information content (AvgIpc) is 2.25. The first-order chi connectivity index (χ1) is 7.27. The van der Waals surface area contributed by atoms with E-state index in [1.54, 1.807) is 7.11 Å². The fourth-order valence-corrected chi connectivity index (χ4v) is 2.42. The number of likely N-dealkylation sites (tertiary alicyclic amines) is 1. The van der Waals surface area contributed by atoms with Gasteiger partial charge in [-0.25, -0.2) is 0 Å². The number of ether oxygens (including phenoxy) is 1. The molecule has 1 heterocycles. The third-order valence-electron chi connectivity index (χ3n) is 3.54. The van der Waals surface area contributed by atoms with Gasteiger partial charge in [-0.05, 0) is 50.7 Å². The molecule has 0 saturated carbocycles. The second-order valence-electron chi connectivity index (χ2n) is 4.76. The molecule has 0 amide bonds. The minimum atomic E-state index is 0.750. The van der Waals surface area contributed by atoms with E-state index in [2.05, 4.69) is 11.8 Å². The predicted molar refractivity (Wildman–Crippen MR) is 63.9 cm³/mol. The summed E-state index contributed by atoms with van der Waals surface area (Å²) in [4.78, 5) is 2.58. The van der Waals surface area contributed by atoms with E-state index in [9.17, 15) is 0 Å². The zero-order chi connectivity index (χ0) is 11.1. The van der Waals surface area contributed by atoms with Crippen molar-refractivity contribution in [3.8, 4) is 0 Å². The first-order valence-corrected chi connectivity index (χ1v) is 6.19. The Bertz CT molecular complexity index is 164. The Hall–Kier alpha value is -0.120. The lowest BCUT2D eigenvalue weighted by atomic mass is 9.87. The largest absolute Gasteiger partial charge is 0.385 e. The molecule has 90 valence electrons. The van der Waals surface area contributed by atoms with Gasteiger partial charge in [0.2, 0.25) is 0 Å². The second kappa shape index (κ2) is 7.20. The summed E-state index contributed by atoms with van der Waals surface area (Å²) >= 11 is 0. The van der Waals surface area contributed by atoms with Crippen molar-refractivity contribution in [3.05, 3.63) is 0 Å². The highest BCUT2D eigenvalue weighted by Gasteiger charge is 2.24. The Labute approximate surface area is 94.0 Å². The van der Waals surface area contributed by atoms with Crippen molar-refractivity contribution in [2.24, 2.45) is 17.6 Å². The standard InChI is InChI=1S/C12H26N2O/c1-11-10-14(6-3-4-8-15-2)7-5-12(11)9-13/h11-12H,3-10,13H2,1-2H3. The molecule has 1 fully saturated rings. The van der Waals surface area contributed by atoms with Crippen LogP contribution >= 0.6 is 0 Å². The Morgan fingerprint density at radius 3 is 2.80 bits per heavy atom. The summed E-state index contributed by atoms with van der Waals surface area (Å²) in [6.07, 6.45) is 3.72. The normalized spacial score (nSPS) is 28.2. The average molecular weight is 214 g/mol. The zero-order valence-corrected chi connectivity index (χ0v) is 10.2. The highest BCUT2D eigenvalue weighted by Crippen LogP contribution is 2.22. The van der Waals surface area contributed by atoms with E-state index in [1.807, 2.05) is 0 Å². The van der Waals surface area contributed by atoms with Gasteiger partial charge in [-0.3, -0.25) is 0 Å². The smallest absolute Gasteiger partial charge is 0.0462 e. The van der Waals surface area contributed by atoms with Crippen LogP contribution in [0.5, 0.6) is 0 Å². The Morgan fingerprint density at radius 2 is 2.20 bits per heavy atom. The van der Waals surface area contributed by atoms with Crippen molar-refractivity contribution in [2.75, 3.05) is 39.9 Å². The maximum atomic E-state index is 5.74. The van der Waals surface area contributed by atoms with E-state index in [1.165, 1.54) is 38.9 Å². The second-order valence-corrected chi connectivity index (χ2v) is 4.76. The van der Waals surface area contributed by atoms with Gasteiger partial charge in [0.25, 0.3) is 0 Å².